The molecule has 0 amide bonds. The van der Waals surface area contributed by atoms with Crippen LogP contribution in [-0.2, 0) is 10.0 Å². The molecule has 4 nitrogen and oxygen atoms in total. The molecular weight excluding hydrogens is 234 g/mol. The van der Waals surface area contributed by atoms with Crippen LogP contribution in [0.25, 0.3) is 0 Å². The minimum Gasteiger partial charge on any atom is -0.393 e. The van der Waals surface area contributed by atoms with E-state index >= 15 is 0 Å². The maximum Gasteiger partial charge on any atom is 0.350 e. The van der Waals surface area contributed by atoms with Crippen LogP contribution in [0.3, 0.4) is 0 Å². The first-order chi connectivity index (χ1) is 6.29. The molecule has 0 radical (unpaired) electrons. The number of hydrogen-bond acceptors (Lipinski definition) is 3. The summed E-state index contributed by atoms with van der Waals surface area (Å²) in [4.78, 5) is 0.0915. The van der Waals surface area contributed by atoms with Crippen LogP contribution >= 0.6 is 12.2 Å². The molecule has 0 aromatic rings. The molecule has 0 saturated heterocycles. The Morgan fingerprint density at radius 3 is 2.36 bits per heavy atom. The number of hydrogen-bond donors (Lipinski definition) is 2. The van der Waals surface area contributed by atoms with Crippen LogP contribution in [0.1, 0.15) is 19.8 Å². The van der Waals surface area contributed by atoms with E-state index in [9.17, 15) is 17.2 Å². The van der Waals surface area contributed by atoms with Crippen LogP contribution in [0.2, 0.25) is 0 Å². The number of nitrogens with one attached hydrogen (secondary N) is 1. The van der Waals surface area contributed by atoms with Crippen LogP contribution in [0.15, 0.2) is 0 Å². The fraction of sp³-hybridized carbons (Fsp3) is 0.833. The Morgan fingerprint density at radius 1 is 1.57 bits per heavy atom. The van der Waals surface area contributed by atoms with E-state index in [1.807, 2.05) is 4.72 Å². The van der Waals surface area contributed by atoms with Crippen molar-refractivity contribution in [2.45, 2.75) is 31.6 Å². The van der Waals surface area contributed by atoms with E-state index in [2.05, 4.69) is 12.2 Å². The first-order valence-electron chi connectivity index (χ1n) is 3.87. The molecule has 14 heavy (non-hydrogen) atoms. The van der Waals surface area contributed by atoms with Crippen molar-refractivity contribution in [3.8, 4) is 0 Å². The molecule has 0 aromatic carbocycles. The second-order valence-electron chi connectivity index (χ2n) is 2.70. The van der Waals surface area contributed by atoms with Crippen molar-refractivity contribution >= 4 is 27.2 Å². The molecule has 3 N–H and O–H groups in total. The van der Waals surface area contributed by atoms with Crippen LogP contribution in [0, 0.1) is 0 Å². The smallest absolute Gasteiger partial charge is 0.350 e. The van der Waals surface area contributed by atoms with Gasteiger partial charge < -0.3 is 5.73 Å². The fourth-order valence-electron chi connectivity index (χ4n) is 0.796. The highest BCUT2D eigenvalue weighted by molar-refractivity contribution is 7.89. The van der Waals surface area contributed by atoms with Crippen molar-refractivity contribution in [1.82, 2.24) is 4.72 Å². The van der Waals surface area contributed by atoms with E-state index in [1.165, 1.54) is 0 Å². The third kappa shape index (κ3) is 4.77. The number of halogens is 2. The lowest BCUT2D eigenvalue weighted by Crippen LogP contribution is -2.39. The summed E-state index contributed by atoms with van der Waals surface area (Å²) in [6.45, 7) is 1.65. The van der Waals surface area contributed by atoms with E-state index in [0.717, 1.165) is 0 Å². The fourth-order valence-corrected chi connectivity index (χ4v) is 1.81. The van der Waals surface area contributed by atoms with Gasteiger partial charge in [0.2, 0.25) is 0 Å². The van der Waals surface area contributed by atoms with Crippen LogP contribution in [-0.4, -0.2) is 25.2 Å². The number of alkyl halides is 2. The van der Waals surface area contributed by atoms with Crippen molar-refractivity contribution < 1.29 is 17.2 Å². The van der Waals surface area contributed by atoms with Crippen LogP contribution in [0.5, 0.6) is 0 Å². The molecule has 0 aliphatic heterocycles. The lowest BCUT2D eigenvalue weighted by molar-refractivity contribution is 0.231. The van der Waals surface area contributed by atoms with Crippen LogP contribution in [0.4, 0.5) is 8.78 Å². The van der Waals surface area contributed by atoms with E-state index in [-0.39, 0.29) is 11.4 Å². The molecule has 0 aromatic heterocycles. The molecule has 1 atom stereocenters. The van der Waals surface area contributed by atoms with Gasteiger partial charge in [-0.1, -0.05) is 19.1 Å². The SMILES string of the molecule is CCC(CC(N)=S)NS(=O)(=O)C(F)F. The van der Waals surface area contributed by atoms with Gasteiger partial charge in [0.1, 0.15) is 0 Å². The summed E-state index contributed by atoms with van der Waals surface area (Å²) < 4.78 is 47.2. The summed E-state index contributed by atoms with van der Waals surface area (Å²) >= 11 is 4.55. The van der Waals surface area contributed by atoms with E-state index in [4.69, 9.17) is 5.73 Å². The normalized spacial score (nSPS) is 14.3. The zero-order valence-corrected chi connectivity index (χ0v) is 9.17. The van der Waals surface area contributed by atoms with Gasteiger partial charge >= 0.3 is 5.76 Å². The molecule has 0 bridgehead atoms. The van der Waals surface area contributed by atoms with Crippen molar-refractivity contribution in [2.75, 3.05) is 0 Å². The van der Waals surface area contributed by atoms with E-state index in [1.54, 1.807) is 6.92 Å². The van der Waals surface area contributed by atoms with Crippen LogP contribution < -0.4 is 10.5 Å². The number of rotatable bonds is 6. The Bertz CT molecular complexity index is 292. The average molecular weight is 246 g/mol. The molecule has 84 valence electrons. The highest BCUT2D eigenvalue weighted by Crippen LogP contribution is 2.06. The summed E-state index contributed by atoms with van der Waals surface area (Å²) in [5, 5.41) is 0. The molecule has 8 heteroatoms. The molecule has 0 aliphatic rings. The van der Waals surface area contributed by atoms with Gasteiger partial charge in [-0.2, -0.15) is 8.78 Å². The van der Waals surface area contributed by atoms with Crippen molar-refractivity contribution in [3.63, 3.8) is 0 Å². The molecule has 0 heterocycles. The molecule has 0 fully saturated rings. The second-order valence-corrected chi connectivity index (χ2v) is 4.91. The van der Waals surface area contributed by atoms with Crippen molar-refractivity contribution in [2.24, 2.45) is 5.73 Å². The predicted molar refractivity (Wildman–Crippen MR) is 53.5 cm³/mol. The van der Waals surface area contributed by atoms with E-state index in [0.29, 0.717) is 6.42 Å². The quantitative estimate of drug-likeness (QED) is 0.673. The third-order valence-electron chi connectivity index (χ3n) is 1.51. The highest BCUT2D eigenvalue weighted by atomic mass is 32.2. The van der Waals surface area contributed by atoms with Gasteiger partial charge in [-0.3, -0.25) is 0 Å². The maximum absolute atomic E-state index is 11.9. The Labute approximate surface area is 86.9 Å². The molecule has 0 spiro atoms. The molecular formula is C6H12F2N2O2S2. The minimum atomic E-state index is -4.55. The number of nitrogens with two attached hydrogens (primary N) is 1. The van der Waals surface area contributed by atoms with Gasteiger partial charge in [0, 0.05) is 12.5 Å². The Morgan fingerprint density at radius 2 is 2.07 bits per heavy atom. The predicted octanol–water partition coefficient (Wildman–Crippen LogP) is 0.583. The third-order valence-corrected chi connectivity index (χ3v) is 2.80. The topological polar surface area (TPSA) is 72.2 Å². The summed E-state index contributed by atoms with van der Waals surface area (Å²) in [5.41, 5.74) is 5.17. The Balaban J connectivity index is 4.39. The minimum absolute atomic E-state index is 0.0811. The van der Waals surface area contributed by atoms with Gasteiger partial charge in [-0.05, 0) is 6.42 Å². The lowest BCUT2D eigenvalue weighted by atomic mass is 10.2. The first-order valence-corrected chi connectivity index (χ1v) is 5.82. The van der Waals surface area contributed by atoms with Crippen molar-refractivity contribution in [1.29, 1.82) is 0 Å². The maximum atomic E-state index is 11.9. The van der Waals surface area contributed by atoms with Gasteiger partial charge in [0.15, 0.2) is 0 Å². The standard InChI is InChI=1S/C6H12F2N2O2S2/c1-2-4(3-5(9)13)10-14(11,12)6(7)8/h4,6,10H,2-3H2,1H3,(H2,9,13). The zero-order valence-electron chi connectivity index (χ0n) is 7.54. The van der Waals surface area contributed by atoms with E-state index < -0.39 is 21.8 Å². The largest absolute Gasteiger partial charge is 0.393 e. The highest BCUT2D eigenvalue weighted by Gasteiger charge is 2.26. The molecule has 0 saturated carbocycles. The lowest BCUT2D eigenvalue weighted by Gasteiger charge is -2.15. The second kappa shape index (κ2) is 5.52. The first kappa shape index (κ1) is 13.7. The summed E-state index contributed by atoms with van der Waals surface area (Å²) in [6.07, 6.45) is 0.432. The zero-order chi connectivity index (χ0) is 11.4. The van der Waals surface area contributed by atoms with Gasteiger partial charge in [0.25, 0.3) is 10.0 Å². The summed E-state index contributed by atoms with van der Waals surface area (Å²) in [5.74, 6) is -3.43. The molecule has 1 unspecified atom stereocenters. The molecule has 0 aliphatic carbocycles. The summed E-state index contributed by atoms with van der Waals surface area (Å²) in [6, 6.07) is -0.661. The van der Waals surface area contributed by atoms with Gasteiger partial charge in [-0.15, -0.1) is 0 Å². The monoisotopic (exact) mass is 246 g/mol. The summed E-state index contributed by atoms with van der Waals surface area (Å²) in [7, 11) is -4.55. The Hall–Kier alpha value is -0.340. The van der Waals surface area contributed by atoms with Crippen molar-refractivity contribution in [3.05, 3.63) is 0 Å². The van der Waals surface area contributed by atoms with Gasteiger partial charge in [0.05, 0.1) is 4.99 Å². The Kier molecular flexibility index (Phi) is 5.38. The average Bonchev–Trinajstić information content (AvgIpc) is 2.01. The number of thiocarbonyl (C=S) groups is 1. The number of sulfonamides is 1. The molecule has 0 rings (SSSR count). The van der Waals surface area contributed by atoms with Gasteiger partial charge in [-0.25, -0.2) is 13.1 Å².